The first-order valence-corrected chi connectivity index (χ1v) is 15.2. The fraction of sp³-hybridized carbons (Fsp3) is 0.647. The van der Waals surface area contributed by atoms with Crippen LogP contribution in [0.25, 0.3) is 0 Å². The van der Waals surface area contributed by atoms with Gasteiger partial charge in [-0.05, 0) is 96.5 Å². The maximum atomic E-state index is 12.6. The molecule has 3 fully saturated rings. The molecule has 4 rings (SSSR count). The summed E-state index contributed by atoms with van der Waals surface area (Å²) in [6.45, 7) is 15.4. The molecule has 0 unspecified atom stereocenters. The molecule has 3 aliphatic rings. The fourth-order valence-corrected chi connectivity index (χ4v) is 7.66. The molecule has 0 bridgehead atoms. The van der Waals surface area contributed by atoms with Crippen LogP contribution in [0, 0.1) is 35.0 Å². The third-order valence-corrected chi connectivity index (χ3v) is 10.5. The average Bonchev–Trinajstić information content (AvgIpc) is 3.28. The van der Waals surface area contributed by atoms with Crippen LogP contribution in [0.15, 0.2) is 60.3 Å². The summed E-state index contributed by atoms with van der Waals surface area (Å²) in [5.74, 6) is 1.40. The lowest BCUT2D eigenvalue weighted by Gasteiger charge is -2.52. The summed E-state index contributed by atoms with van der Waals surface area (Å²) in [5.41, 5.74) is 0.0298. The molecule has 6 nitrogen and oxygen atoms in total. The Morgan fingerprint density at radius 2 is 1.93 bits per heavy atom. The average molecular weight is 552 g/mol. The van der Waals surface area contributed by atoms with E-state index in [1.54, 1.807) is 24.3 Å². The zero-order valence-electron chi connectivity index (χ0n) is 24.9. The minimum Gasteiger partial charge on any atom is -0.457 e. The molecule has 1 aromatic heterocycles. The molecule has 0 spiro atoms. The quantitative estimate of drug-likeness (QED) is 0.269. The van der Waals surface area contributed by atoms with E-state index in [0.717, 1.165) is 25.7 Å². The van der Waals surface area contributed by atoms with Crippen LogP contribution in [0.2, 0.25) is 0 Å². The Kier molecular flexibility index (Phi) is 9.43. The Morgan fingerprint density at radius 3 is 2.60 bits per heavy atom. The van der Waals surface area contributed by atoms with Crippen LogP contribution in [0.3, 0.4) is 0 Å². The van der Waals surface area contributed by atoms with Gasteiger partial charge in [-0.25, -0.2) is 9.78 Å². The zero-order chi connectivity index (χ0) is 29.2. The van der Waals surface area contributed by atoms with Gasteiger partial charge in [0.1, 0.15) is 17.9 Å². The van der Waals surface area contributed by atoms with E-state index in [2.05, 4.69) is 58.3 Å². The summed E-state index contributed by atoms with van der Waals surface area (Å²) in [7, 11) is 0. The maximum absolute atomic E-state index is 12.6. The minimum absolute atomic E-state index is 0.0245. The van der Waals surface area contributed by atoms with Crippen LogP contribution in [0.5, 0.6) is 0 Å². The van der Waals surface area contributed by atoms with E-state index >= 15 is 0 Å². The van der Waals surface area contributed by atoms with Gasteiger partial charge in [-0.1, -0.05) is 59.4 Å². The number of pyridine rings is 1. The predicted octanol–water partition coefficient (Wildman–Crippen LogP) is 6.04. The molecular weight excluding hydrogens is 502 g/mol. The normalized spacial score (nSPS) is 36.0. The second-order valence-corrected chi connectivity index (χ2v) is 13.3. The van der Waals surface area contributed by atoms with Gasteiger partial charge in [-0.3, -0.25) is 0 Å². The van der Waals surface area contributed by atoms with Gasteiger partial charge >= 0.3 is 5.97 Å². The van der Waals surface area contributed by atoms with E-state index in [1.807, 2.05) is 0 Å². The van der Waals surface area contributed by atoms with E-state index in [9.17, 15) is 20.1 Å². The number of nitrogens with zero attached hydrogens (tertiary/aromatic N) is 1. The lowest BCUT2D eigenvalue weighted by molar-refractivity contribution is -0.156. The van der Waals surface area contributed by atoms with Crippen molar-refractivity contribution in [2.45, 2.75) is 103 Å². The summed E-state index contributed by atoms with van der Waals surface area (Å²) < 4.78 is 5.66. The molecule has 6 heteroatoms. The number of carbonyl (C=O) groups excluding carboxylic acids is 1. The number of aliphatic hydroxyl groups is 3. The second-order valence-electron chi connectivity index (χ2n) is 13.3. The molecule has 3 saturated carbocycles. The fourth-order valence-electron chi connectivity index (χ4n) is 7.66. The molecule has 220 valence electrons. The van der Waals surface area contributed by atoms with Crippen LogP contribution < -0.4 is 0 Å². The molecule has 0 amide bonds. The summed E-state index contributed by atoms with van der Waals surface area (Å²) in [5, 5.41) is 34.4. The highest BCUT2D eigenvalue weighted by Crippen LogP contribution is 2.61. The number of carbonyl (C=O) groups is 1. The molecule has 40 heavy (non-hydrogen) atoms. The smallest absolute Gasteiger partial charge is 0.357 e. The van der Waals surface area contributed by atoms with Crippen LogP contribution in [0.4, 0.5) is 0 Å². The summed E-state index contributed by atoms with van der Waals surface area (Å²) in [4.78, 5) is 16.6. The molecule has 3 N–H and O–H groups in total. The van der Waals surface area contributed by atoms with Crippen LogP contribution in [0.1, 0.15) is 90.1 Å². The third kappa shape index (κ3) is 6.14. The molecule has 0 saturated heterocycles. The summed E-state index contributed by atoms with van der Waals surface area (Å²) in [6.07, 6.45) is 10.2. The van der Waals surface area contributed by atoms with Crippen molar-refractivity contribution < 1.29 is 24.9 Å². The lowest BCUT2D eigenvalue weighted by atomic mass is 9.56. The van der Waals surface area contributed by atoms with Gasteiger partial charge in [0.25, 0.3) is 0 Å². The molecule has 0 aromatic carbocycles. The third-order valence-electron chi connectivity index (χ3n) is 10.5. The topological polar surface area (TPSA) is 99.9 Å². The Labute approximate surface area is 240 Å². The highest BCUT2D eigenvalue weighted by atomic mass is 16.5. The first kappa shape index (κ1) is 30.7. The van der Waals surface area contributed by atoms with Crippen molar-refractivity contribution in [3.8, 4) is 0 Å². The molecule has 0 aliphatic heterocycles. The standard InChI is InChI=1S/C34H49NO5/c1-21(2)22(3)11-12-23(4)27-13-14-30-33(27,6)15-9-16-34(30,39)31(37)19-25-18-26(20-29(36)24(25)5)40-32(38)28-10-7-8-17-35-28/h7-8,10-12,17,19,21-23,26-27,29-31,36-37,39H,5,9,13-16,18,20H2,1-4,6H3/b12-11+,25-19-/t22-,23+,26+,27+,29-,30+,31-,33+,34+/m0/s1. The van der Waals surface area contributed by atoms with Gasteiger partial charge in [0.15, 0.2) is 0 Å². The number of rotatable bonds is 8. The van der Waals surface area contributed by atoms with E-state index in [-0.39, 0.29) is 23.4 Å². The number of allylic oxidation sites excluding steroid dienone is 2. The molecule has 1 aromatic rings. The number of fused-ring (bicyclic) bond motifs is 1. The van der Waals surface area contributed by atoms with Gasteiger partial charge in [0, 0.05) is 19.0 Å². The van der Waals surface area contributed by atoms with Gasteiger partial charge in [-0.15, -0.1) is 0 Å². The number of aromatic nitrogens is 1. The monoisotopic (exact) mass is 551 g/mol. The first-order chi connectivity index (χ1) is 18.9. The number of hydrogen-bond donors (Lipinski definition) is 3. The first-order valence-electron chi connectivity index (χ1n) is 15.2. The van der Waals surface area contributed by atoms with Crippen molar-refractivity contribution in [1.82, 2.24) is 4.98 Å². The molecular formula is C34H49NO5. The predicted molar refractivity (Wildman–Crippen MR) is 157 cm³/mol. The lowest BCUT2D eigenvalue weighted by Crippen LogP contribution is -2.56. The van der Waals surface area contributed by atoms with Crippen molar-refractivity contribution in [3.63, 3.8) is 0 Å². The largest absolute Gasteiger partial charge is 0.457 e. The number of esters is 1. The zero-order valence-corrected chi connectivity index (χ0v) is 24.9. The Balaban J connectivity index is 1.51. The minimum atomic E-state index is -1.26. The van der Waals surface area contributed by atoms with Crippen molar-refractivity contribution in [3.05, 3.63) is 66.0 Å². The van der Waals surface area contributed by atoms with Crippen molar-refractivity contribution in [1.29, 1.82) is 0 Å². The molecule has 3 aliphatic carbocycles. The Hall–Kier alpha value is -2.28. The van der Waals surface area contributed by atoms with E-state index in [4.69, 9.17) is 4.74 Å². The van der Waals surface area contributed by atoms with E-state index < -0.39 is 29.9 Å². The summed E-state index contributed by atoms with van der Waals surface area (Å²) >= 11 is 0. The number of ether oxygens (including phenoxy) is 1. The van der Waals surface area contributed by atoms with E-state index in [0.29, 0.717) is 47.7 Å². The Morgan fingerprint density at radius 1 is 1.18 bits per heavy atom. The second kappa shape index (κ2) is 12.3. The van der Waals surface area contributed by atoms with E-state index in [1.165, 1.54) is 6.20 Å². The van der Waals surface area contributed by atoms with Crippen LogP contribution >= 0.6 is 0 Å². The van der Waals surface area contributed by atoms with Crippen LogP contribution in [-0.2, 0) is 4.74 Å². The van der Waals surface area contributed by atoms with Crippen molar-refractivity contribution >= 4 is 5.97 Å². The molecule has 1 heterocycles. The van der Waals surface area contributed by atoms with Crippen molar-refractivity contribution in [2.24, 2.45) is 35.0 Å². The molecule has 0 radical (unpaired) electrons. The van der Waals surface area contributed by atoms with Gasteiger partial charge in [0.05, 0.1) is 11.7 Å². The number of hydrogen-bond acceptors (Lipinski definition) is 6. The Bertz CT molecular complexity index is 1110. The van der Waals surface area contributed by atoms with Crippen molar-refractivity contribution in [2.75, 3.05) is 0 Å². The number of aliphatic hydroxyl groups excluding tert-OH is 2. The highest BCUT2D eigenvalue weighted by Gasteiger charge is 2.59. The van der Waals surface area contributed by atoms with Gasteiger partial charge in [-0.2, -0.15) is 0 Å². The maximum Gasteiger partial charge on any atom is 0.357 e. The molecule has 9 atom stereocenters. The van der Waals surface area contributed by atoms with Crippen LogP contribution in [-0.4, -0.2) is 50.2 Å². The highest BCUT2D eigenvalue weighted by molar-refractivity contribution is 5.87. The SMILES string of the molecule is C=C1/C(=C\[C@H](O)[C@@]2(O)CCC[C@]3(C)[C@@H]([C@H](C)/C=C/[C@H](C)C(C)C)CC[C@H]32)C[C@@H](OC(=O)c2ccccn2)C[C@@H]1O. The van der Waals surface area contributed by atoms with Gasteiger partial charge < -0.3 is 20.1 Å². The van der Waals surface area contributed by atoms with Gasteiger partial charge in [0.2, 0.25) is 0 Å². The summed E-state index contributed by atoms with van der Waals surface area (Å²) in [6, 6.07) is 5.04.